The van der Waals surface area contributed by atoms with Crippen molar-refractivity contribution < 1.29 is 4.39 Å². The van der Waals surface area contributed by atoms with E-state index >= 15 is 0 Å². The molecule has 90 valence electrons. The molecule has 1 heterocycles. The number of nitrogens with one attached hydrogen (secondary N) is 1. The zero-order valence-corrected chi connectivity index (χ0v) is 10.0. The van der Waals surface area contributed by atoms with Gasteiger partial charge in [0.25, 0.3) is 0 Å². The fourth-order valence-electron chi connectivity index (χ4n) is 1.79. The van der Waals surface area contributed by atoms with Crippen molar-refractivity contribution in [3.05, 3.63) is 47.9 Å². The molecule has 17 heavy (non-hydrogen) atoms. The molecule has 1 atom stereocenters. The SMILES string of the molecule is C[C@@H](Cc1ccc(F)cc1)Nc1ccnn1C. The Labute approximate surface area is 100 Å². The van der Waals surface area contributed by atoms with Gasteiger partial charge in [-0.25, -0.2) is 4.39 Å². The van der Waals surface area contributed by atoms with Crippen LogP contribution in [-0.4, -0.2) is 15.8 Å². The monoisotopic (exact) mass is 233 g/mol. The molecule has 0 saturated carbocycles. The Hall–Kier alpha value is -1.84. The maximum absolute atomic E-state index is 12.8. The number of rotatable bonds is 4. The van der Waals surface area contributed by atoms with E-state index in [1.807, 2.05) is 25.2 Å². The van der Waals surface area contributed by atoms with Crippen LogP contribution in [0.4, 0.5) is 10.2 Å². The second kappa shape index (κ2) is 4.99. The minimum atomic E-state index is -0.194. The number of halogens is 1. The van der Waals surface area contributed by atoms with Crippen LogP contribution in [0.1, 0.15) is 12.5 Å². The van der Waals surface area contributed by atoms with Gasteiger partial charge in [0.2, 0.25) is 0 Å². The number of aryl methyl sites for hydroxylation is 1. The molecule has 2 rings (SSSR count). The van der Waals surface area contributed by atoms with E-state index in [-0.39, 0.29) is 11.9 Å². The van der Waals surface area contributed by atoms with Crippen LogP contribution in [0.5, 0.6) is 0 Å². The van der Waals surface area contributed by atoms with Crippen molar-refractivity contribution in [2.45, 2.75) is 19.4 Å². The van der Waals surface area contributed by atoms with Crippen LogP contribution in [0.25, 0.3) is 0 Å². The average molecular weight is 233 g/mol. The summed E-state index contributed by atoms with van der Waals surface area (Å²) in [4.78, 5) is 0. The lowest BCUT2D eigenvalue weighted by Crippen LogP contribution is -2.19. The van der Waals surface area contributed by atoms with E-state index in [4.69, 9.17) is 0 Å². The Kier molecular flexibility index (Phi) is 3.42. The smallest absolute Gasteiger partial charge is 0.124 e. The zero-order valence-electron chi connectivity index (χ0n) is 10.0. The molecule has 0 aliphatic carbocycles. The maximum Gasteiger partial charge on any atom is 0.124 e. The molecule has 4 heteroatoms. The van der Waals surface area contributed by atoms with Gasteiger partial charge in [0, 0.05) is 19.2 Å². The Morgan fingerprint density at radius 1 is 1.29 bits per heavy atom. The molecule has 1 aromatic heterocycles. The van der Waals surface area contributed by atoms with Crippen molar-refractivity contribution in [2.24, 2.45) is 7.05 Å². The highest BCUT2D eigenvalue weighted by molar-refractivity contribution is 5.35. The van der Waals surface area contributed by atoms with E-state index in [1.54, 1.807) is 10.9 Å². The van der Waals surface area contributed by atoms with Gasteiger partial charge in [-0.2, -0.15) is 5.10 Å². The van der Waals surface area contributed by atoms with Gasteiger partial charge in [-0.05, 0) is 31.0 Å². The molecule has 0 saturated heterocycles. The molecule has 0 spiro atoms. The summed E-state index contributed by atoms with van der Waals surface area (Å²) in [6.07, 6.45) is 2.61. The third-order valence-electron chi connectivity index (χ3n) is 2.67. The lowest BCUT2D eigenvalue weighted by molar-refractivity contribution is 0.626. The predicted octanol–water partition coefficient (Wildman–Crippen LogP) is 2.60. The highest BCUT2D eigenvalue weighted by Gasteiger charge is 2.05. The van der Waals surface area contributed by atoms with Crippen LogP contribution in [0, 0.1) is 5.82 Å². The van der Waals surface area contributed by atoms with E-state index in [1.165, 1.54) is 12.1 Å². The van der Waals surface area contributed by atoms with Crippen molar-refractivity contribution in [3.8, 4) is 0 Å². The van der Waals surface area contributed by atoms with E-state index in [9.17, 15) is 4.39 Å². The van der Waals surface area contributed by atoms with Gasteiger partial charge in [-0.1, -0.05) is 12.1 Å². The highest BCUT2D eigenvalue weighted by Crippen LogP contribution is 2.10. The number of hydrogen-bond acceptors (Lipinski definition) is 2. The molecule has 3 nitrogen and oxygen atoms in total. The predicted molar refractivity (Wildman–Crippen MR) is 66.4 cm³/mol. The first-order valence-corrected chi connectivity index (χ1v) is 5.64. The van der Waals surface area contributed by atoms with Crippen LogP contribution in [0.3, 0.4) is 0 Å². The molecule has 1 N–H and O–H groups in total. The summed E-state index contributed by atoms with van der Waals surface area (Å²) >= 11 is 0. The number of aromatic nitrogens is 2. The molecule has 2 aromatic rings. The average Bonchev–Trinajstić information content (AvgIpc) is 2.68. The minimum absolute atomic E-state index is 0.194. The normalized spacial score (nSPS) is 12.4. The Bertz CT molecular complexity index is 476. The topological polar surface area (TPSA) is 29.9 Å². The number of nitrogens with zero attached hydrogens (tertiary/aromatic N) is 2. The molecule has 0 fully saturated rings. The summed E-state index contributed by atoms with van der Waals surface area (Å²) < 4.78 is 14.5. The first-order chi connectivity index (χ1) is 8.15. The van der Waals surface area contributed by atoms with Crippen molar-refractivity contribution in [1.82, 2.24) is 9.78 Å². The van der Waals surface area contributed by atoms with Crippen molar-refractivity contribution in [1.29, 1.82) is 0 Å². The summed E-state index contributed by atoms with van der Waals surface area (Å²) in [7, 11) is 1.90. The first-order valence-electron chi connectivity index (χ1n) is 5.64. The molecule has 0 amide bonds. The number of hydrogen-bond donors (Lipinski definition) is 1. The Balaban J connectivity index is 1.95. The molecule has 0 bridgehead atoms. The van der Waals surface area contributed by atoms with Crippen LogP contribution in [0.15, 0.2) is 36.5 Å². The number of benzene rings is 1. The lowest BCUT2D eigenvalue weighted by Gasteiger charge is -2.15. The van der Waals surface area contributed by atoms with Gasteiger partial charge in [0.1, 0.15) is 11.6 Å². The van der Waals surface area contributed by atoms with Crippen LogP contribution in [-0.2, 0) is 13.5 Å². The summed E-state index contributed by atoms with van der Waals surface area (Å²) in [5.74, 6) is 0.792. The van der Waals surface area contributed by atoms with Gasteiger partial charge in [-0.15, -0.1) is 0 Å². The maximum atomic E-state index is 12.8. The summed E-state index contributed by atoms with van der Waals surface area (Å²) in [5.41, 5.74) is 1.12. The van der Waals surface area contributed by atoms with Gasteiger partial charge >= 0.3 is 0 Å². The lowest BCUT2D eigenvalue weighted by atomic mass is 10.1. The van der Waals surface area contributed by atoms with Crippen molar-refractivity contribution in [2.75, 3.05) is 5.32 Å². The highest BCUT2D eigenvalue weighted by atomic mass is 19.1. The molecule has 0 aliphatic heterocycles. The van der Waals surface area contributed by atoms with Crippen molar-refractivity contribution >= 4 is 5.82 Å². The molecule has 0 aliphatic rings. The fourth-order valence-corrected chi connectivity index (χ4v) is 1.79. The quantitative estimate of drug-likeness (QED) is 0.879. The largest absolute Gasteiger partial charge is 0.368 e. The second-order valence-corrected chi connectivity index (χ2v) is 4.22. The van der Waals surface area contributed by atoms with E-state index in [0.29, 0.717) is 0 Å². The van der Waals surface area contributed by atoms with E-state index in [2.05, 4.69) is 17.3 Å². The van der Waals surface area contributed by atoms with Crippen LogP contribution in [0.2, 0.25) is 0 Å². The Morgan fingerprint density at radius 2 is 2.00 bits per heavy atom. The summed E-state index contributed by atoms with van der Waals surface area (Å²) in [6.45, 7) is 2.09. The van der Waals surface area contributed by atoms with Gasteiger partial charge in [-0.3, -0.25) is 4.68 Å². The first kappa shape index (κ1) is 11.6. The molecule has 0 radical (unpaired) electrons. The third kappa shape index (κ3) is 3.06. The van der Waals surface area contributed by atoms with Crippen LogP contribution >= 0.6 is 0 Å². The molecule has 1 aromatic carbocycles. The molecule has 0 unspecified atom stereocenters. The zero-order chi connectivity index (χ0) is 12.3. The third-order valence-corrected chi connectivity index (χ3v) is 2.67. The van der Waals surface area contributed by atoms with Gasteiger partial charge in [0.05, 0.1) is 6.20 Å². The van der Waals surface area contributed by atoms with Crippen LogP contribution < -0.4 is 5.32 Å². The second-order valence-electron chi connectivity index (χ2n) is 4.22. The fraction of sp³-hybridized carbons (Fsp3) is 0.308. The van der Waals surface area contributed by atoms with Crippen molar-refractivity contribution in [3.63, 3.8) is 0 Å². The van der Waals surface area contributed by atoms with E-state index in [0.717, 1.165) is 17.8 Å². The standard InChI is InChI=1S/C13H16FN3/c1-10(16-13-7-8-15-17(13)2)9-11-3-5-12(14)6-4-11/h3-8,10,16H,9H2,1-2H3/t10-/m0/s1. The molecular formula is C13H16FN3. The van der Waals surface area contributed by atoms with E-state index < -0.39 is 0 Å². The van der Waals surface area contributed by atoms with Gasteiger partial charge < -0.3 is 5.32 Å². The summed E-state index contributed by atoms with van der Waals surface area (Å²) in [6, 6.07) is 8.82. The summed E-state index contributed by atoms with van der Waals surface area (Å²) in [5, 5.41) is 7.45. The number of anilines is 1. The Morgan fingerprint density at radius 3 is 2.59 bits per heavy atom. The molecular weight excluding hydrogens is 217 g/mol. The van der Waals surface area contributed by atoms with Gasteiger partial charge in [0.15, 0.2) is 0 Å². The minimum Gasteiger partial charge on any atom is -0.368 e.